The first kappa shape index (κ1) is 19.4. The van der Waals surface area contributed by atoms with Crippen molar-refractivity contribution in [1.29, 1.82) is 0 Å². The van der Waals surface area contributed by atoms with Crippen LogP contribution in [0.5, 0.6) is 11.6 Å². The van der Waals surface area contributed by atoms with Crippen molar-refractivity contribution in [3.05, 3.63) is 86.0 Å². The van der Waals surface area contributed by atoms with E-state index in [1.165, 1.54) is 0 Å². The second-order valence-electron chi connectivity index (χ2n) is 5.90. The zero-order valence-electron chi connectivity index (χ0n) is 15.1. The van der Waals surface area contributed by atoms with Gasteiger partial charge in [-0.1, -0.05) is 29.8 Å². The van der Waals surface area contributed by atoms with E-state index in [4.69, 9.17) is 16.3 Å². The molecule has 0 saturated carbocycles. The summed E-state index contributed by atoms with van der Waals surface area (Å²) in [6, 6.07) is 15.4. The van der Waals surface area contributed by atoms with Gasteiger partial charge in [0, 0.05) is 5.02 Å². The van der Waals surface area contributed by atoms with Crippen LogP contribution in [0, 0.1) is 0 Å². The first-order chi connectivity index (χ1) is 13.5. The van der Waals surface area contributed by atoms with Gasteiger partial charge in [-0.2, -0.15) is 0 Å². The molecule has 0 aliphatic carbocycles. The largest absolute Gasteiger partial charge is 0.493 e. The van der Waals surface area contributed by atoms with Gasteiger partial charge in [-0.15, -0.1) is 0 Å². The Hall–Kier alpha value is -3.32. The SMILES string of the molecule is CC(=NCCOc1ccc(Cl)cc1)c1c(O)n(-c2ccccc2)c(=O)[nH]c1=O. The maximum absolute atomic E-state index is 12.2. The van der Waals surface area contributed by atoms with Crippen molar-refractivity contribution in [2.45, 2.75) is 6.92 Å². The highest BCUT2D eigenvalue weighted by Crippen LogP contribution is 2.17. The molecule has 0 saturated heterocycles. The number of aliphatic imine (C=N–C) groups is 1. The number of aromatic amines is 1. The molecule has 2 aromatic carbocycles. The fourth-order valence-corrected chi connectivity index (χ4v) is 2.78. The third kappa shape index (κ3) is 4.32. The molecule has 0 fully saturated rings. The number of aromatic hydroxyl groups is 1. The Bertz CT molecular complexity index is 1100. The minimum Gasteiger partial charge on any atom is -0.493 e. The van der Waals surface area contributed by atoms with Gasteiger partial charge in [0.25, 0.3) is 5.56 Å². The van der Waals surface area contributed by atoms with Crippen LogP contribution in [-0.4, -0.2) is 33.5 Å². The molecule has 0 radical (unpaired) electrons. The van der Waals surface area contributed by atoms with Crippen molar-refractivity contribution < 1.29 is 9.84 Å². The zero-order chi connectivity index (χ0) is 20.1. The summed E-state index contributed by atoms with van der Waals surface area (Å²) in [7, 11) is 0. The minimum absolute atomic E-state index is 0.0602. The van der Waals surface area contributed by atoms with Crippen LogP contribution >= 0.6 is 11.6 Å². The van der Waals surface area contributed by atoms with Crippen molar-refractivity contribution in [2.24, 2.45) is 4.99 Å². The Kier molecular flexibility index (Phi) is 5.96. The molecule has 8 heteroatoms. The fourth-order valence-electron chi connectivity index (χ4n) is 2.65. The number of hydrogen-bond donors (Lipinski definition) is 2. The van der Waals surface area contributed by atoms with E-state index in [0.29, 0.717) is 22.2 Å². The molecule has 0 bridgehead atoms. The summed E-state index contributed by atoms with van der Waals surface area (Å²) in [5, 5.41) is 11.2. The number of nitrogens with zero attached hydrogens (tertiary/aromatic N) is 2. The van der Waals surface area contributed by atoms with Gasteiger partial charge >= 0.3 is 5.69 Å². The molecule has 3 rings (SSSR count). The monoisotopic (exact) mass is 399 g/mol. The van der Waals surface area contributed by atoms with Crippen LogP contribution in [0.15, 0.2) is 69.2 Å². The average Bonchev–Trinajstić information content (AvgIpc) is 2.67. The van der Waals surface area contributed by atoms with Gasteiger partial charge in [-0.05, 0) is 43.3 Å². The summed E-state index contributed by atoms with van der Waals surface area (Å²) in [5.74, 6) is 0.190. The number of ether oxygens (including phenoxy) is 1. The lowest BCUT2D eigenvalue weighted by Crippen LogP contribution is -2.32. The van der Waals surface area contributed by atoms with Gasteiger partial charge in [0.15, 0.2) is 0 Å². The number of benzene rings is 2. The minimum atomic E-state index is -0.726. The molecule has 0 aliphatic heterocycles. The molecule has 7 nitrogen and oxygen atoms in total. The molecule has 144 valence electrons. The molecule has 0 atom stereocenters. The molecular formula is C20H18ClN3O4. The smallest absolute Gasteiger partial charge is 0.335 e. The van der Waals surface area contributed by atoms with Crippen LogP contribution in [-0.2, 0) is 0 Å². The number of rotatable bonds is 6. The van der Waals surface area contributed by atoms with Gasteiger partial charge in [0.1, 0.15) is 17.9 Å². The predicted molar refractivity (Wildman–Crippen MR) is 108 cm³/mol. The second kappa shape index (κ2) is 8.58. The summed E-state index contributed by atoms with van der Waals surface area (Å²) in [6.45, 7) is 2.13. The highest BCUT2D eigenvalue weighted by Gasteiger charge is 2.17. The van der Waals surface area contributed by atoms with Crippen molar-refractivity contribution in [1.82, 2.24) is 9.55 Å². The Balaban J connectivity index is 1.82. The van der Waals surface area contributed by atoms with E-state index < -0.39 is 17.1 Å². The number of H-pyrrole nitrogens is 1. The number of aromatic nitrogens is 2. The lowest BCUT2D eigenvalue weighted by molar-refractivity contribution is 0.329. The number of nitrogens with one attached hydrogen (secondary N) is 1. The van der Waals surface area contributed by atoms with E-state index in [1.807, 2.05) is 0 Å². The van der Waals surface area contributed by atoms with Crippen LogP contribution in [0.3, 0.4) is 0 Å². The fraction of sp³-hybridized carbons (Fsp3) is 0.150. The lowest BCUT2D eigenvalue weighted by atomic mass is 10.2. The zero-order valence-corrected chi connectivity index (χ0v) is 15.8. The molecule has 2 N–H and O–H groups in total. The van der Waals surface area contributed by atoms with E-state index in [9.17, 15) is 14.7 Å². The predicted octanol–water partition coefficient (Wildman–Crippen LogP) is 2.77. The molecule has 1 heterocycles. The van der Waals surface area contributed by atoms with Crippen LogP contribution < -0.4 is 16.0 Å². The average molecular weight is 400 g/mol. The summed E-state index contributed by atoms with van der Waals surface area (Å²) >= 11 is 5.82. The highest BCUT2D eigenvalue weighted by atomic mass is 35.5. The normalized spacial score (nSPS) is 11.4. The van der Waals surface area contributed by atoms with Gasteiger partial charge < -0.3 is 9.84 Å². The number of para-hydroxylation sites is 1. The van der Waals surface area contributed by atoms with Crippen molar-refractivity contribution >= 4 is 17.3 Å². The molecule has 1 aromatic heterocycles. The van der Waals surface area contributed by atoms with Crippen LogP contribution in [0.1, 0.15) is 12.5 Å². The Morgan fingerprint density at radius 1 is 1.14 bits per heavy atom. The van der Waals surface area contributed by atoms with Crippen LogP contribution in [0.2, 0.25) is 5.02 Å². The maximum atomic E-state index is 12.2. The maximum Gasteiger partial charge on any atom is 0.335 e. The van der Waals surface area contributed by atoms with E-state index in [-0.39, 0.29) is 18.7 Å². The Morgan fingerprint density at radius 3 is 2.50 bits per heavy atom. The molecule has 0 amide bonds. The molecular weight excluding hydrogens is 382 g/mol. The molecule has 0 aliphatic rings. The summed E-state index contributed by atoms with van der Waals surface area (Å²) in [5.41, 5.74) is -0.759. The summed E-state index contributed by atoms with van der Waals surface area (Å²) in [4.78, 5) is 30.9. The second-order valence-corrected chi connectivity index (χ2v) is 6.33. The summed E-state index contributed by atoms with van der Waals surface area (Å²) < 4.78 is 6.58. The van der Waals surface area contributed by atoms with Crippen molar-refractivity contribution in [3.63, 3.8) is 0 Å². The van der Waals surface area contributed by atoms with E-state index in [2.05, 4.69) is 9.98 Å². The molecule has 0 unspecified atom stereocenters. The van der Waals surface area contributed by atoms with Crippen LogP contribution in [0.4, 0.5) is 0 Å². The van der Waals surface area contributed by atoms with E-state index >= 15 is 0 Å². The molecule has 0 spiro atoms. The Morgan fingerprint density at radius 2 is 1.82 bits per heavy atom. The quantitative estimate of drug-likeness (QED) is 0.492. The third-order valence-electron chi connectivity index (χ3n) is 3.98. The van der Waals surface area contributed by atoms with Gasteiger partial charge in [-0.3, -0.25) is 14.8 Å². The Labute approximate surface area is 165 Å². The molecule has 3 aromatic rings. The number of halogens is 1. The lowest BCUT2D eigenvalue weighted by Gasteiger charge is -2.11. The van der Waals surface area contributed by atoms with Gasteiger partial charge in [0.05, 0.1) is 17.9 Å². The summed E-state index contributed by atoms with van der Waals surface area (Å²) in [6.07, 6.45) is 0. The topological polar surface area (TPSA) is 96.7 Å². The van der Waals surface area contributed by atoms with Crippen LogP contribution in [0.25, 0.3) is 5.69 Å². The first-order valence-electron chi connectivity index (χ1n) is 8.51. The van der Waals surface area contributed by atoms with Crippen molar-refractivity contribution in [2.75, 3.05) is 13.2 Å². The van der Waals surface area contributed by atoms with Crippen molar-refractivity contribution in [3.8, 4) is 17.3 Å². The van der Waals surface area contributed by atoms with Gasteiger partial charge in [-0.25, -0.2) is 9.36 Å². The highest BCUT2D eigenvalue weighted by molar-refractivity contribution is 6.30. The number of hydrogen-bond acceptors (Lipinski definition) is 5. The van der Waals surface area contributed by atoms with Gasteiger partial charge in [0.2, 0.25) is 5.88 Å². The standard InChI is InChI=1S/C20H18ClN3O4/c1-13(22-11-12-28-16-9-7-14(21)8-10-16)17-18(25)23-20(27)24(19(17)26)15-5-3-2-4-6-15/h2-10,26H,11-12H2,1H3,(H,23,25,27). The third-order valence-corrected chi connectivity index (χ3v) is 4.24. The van der Waals surface area contributed by atoms with E-state index in [0.717, 1.165) is 4.57 Å². The van der Waals surface area contributed by atoms with E-state index in [1.54, 1.807) is 61.5 Å². The first-order valence-corrected chi connectivity index (χ1v) is 8.88. The molecule has 28 heavy (non-hydrogen) atoms.